The lowest BCUT2D eigenvalue weighted by molar-refractivity contribution is -0.123. The van der Waals surface area contributed by atoms with Crippen LogP contribution >= 0.6 is 0 Å². The molecule has 1 aliphatic heterocycles. The van der Waals surface area contributed by atoms with Crippen molar-refractivity contribution in [2.24, 2.45) is 0 Å². The van der Waals surface area contributed by atoms with Crippen LogP contribution in [0.15, 0.2) is 36.8 Å². The number of ether oxygens (including phenoxy) is 1. The molecule has 0 saturated carbocycles. The van der Waals surface area contributed by atoms with Crippen LogP contribution < -0.4 is 10.2 Å². The number of imide groups is 1. The van der Waals surface area contributed by atoms with E-state index >= 15 is 0 Å². The smallest absolute Gasteiger partial charge is 0.329 e. The number of methoxy groups -OCH3 is 1. The van der Waals surface area contributed by atoms with Crippen LogP contribution in [0.3, 0.4) is 0 Å². The number of urea groups is 1. The summed E-state index contributed by atoms with van der Waals surface area (Å²) in [5.74, 6) is 0.153. The summed E-state index contributed by atoms with van der Waals surface area (Å²) in [7, 11) is 1.48. The van der Waals surface area contributed by atoms with Crippen molar-refractivity contribution < 1.29 is 14.3 Å². The van der Waals surface area contributed by atoms with E-state index in [1.807, 2.05) is 0 Å². The zero-order valence-corrected chi connectivity index (χ0v) is 12.2. The van der Waals surface area contributed by atoms with Crippen LogP contribution in [0.5, 0.6) is 0 Å². The first-order valence-corrected chi connectivity index (χ1v) is 6.67. The Morgan fingerprint density at radius 1 is 1.36 bits per heavy atom. The van der Waals surface area contributed by atoms with Crippen molar-refractivity contribution in [3.05, 3.63) is 36.8 Å². The molecule has 0 aliphatic carbocycles. The fourth-order valence-corrected chi connectivity index (χ4v) is 2.38. The van der Waals surface area contributed by atoms with Crippen molar-refractivity contribution in [2.75, 3.05) is 18.6 Å². The van der Waals surface area contributed by atoms with Crippen LogP contribution in [0.1, 0.15) is 6.92 Å². The van der Waals surface area contributed by atoms with Crippen LogP contribution in [0.25, 0.3) is 5.82 Å². The lowest BCUT2D eigenvalue weighted by atomic mass is 10.0. The zero-order chi connectivity index (χ0) is 15.7. The molecule has 0 aromatic carbocycles. The van der Waals surface area contributed by atoms with Crippen molar-refractivity contribution in [2.45, 2.75) is 12.5 Å². The molecule has 0 spiro atoms. The van der Waals surface area contributed by atoms with Crippen LogP contribution in [0.2, 0.25) is 0 Å². The lowest BCUT2D eigenvalue weighted by Crippen LogP contribution is -2.47. The van der Waals surface area contributed by atoms with E-state index < -0.39 is 11.6 Å². The average molecular weight is 301 g/mol. The van der Waals surface area contributed by atoms with Crippen molar-refractivity contribution in [1.82, 2.24) is 20.1 Å². The molecule has 1 aliphatic rings. The summed E-state index contributed by atoms with van der Waals surface area (Å²) in [4.78, 5) is 30.0. The molecule has 2 aromatic rings. The minimum absolute atomic E-state index is 0.102. The maximum atomic E-state index is 12.5. The van der Waals surface area contributed by atoms with Gasteiger partial charge in [0.15, 0.2) is 5.82 Å². The van der Waals surface area contributed by atoms with Crippen molar-refractivity contribution >= 4 is 17.6 Å². The van der Waals surface area contributed by atoms with Gasteiger partial charge in [0, 0.05) is 31.8 Å². The molecule has 1 N–H and O–H groups in total. The molecular weight excluding hydrogens is 286 g/mol. The molecule has 3 amide bonds. The van der Waals surface area contributed by atoms with Crippen LogP contribution in [-0.4, -0.2) is 46.0 Å². The van der Waals surface area contributed by atoms with Gasteiger partial charge in [-0.15, -0.1) is 0 Å². The Balaban J connectivity index is 1.96. The van der Waals surface area contributed by atoms with E-state index in [4.69, 9.17) is 4.74 Å². The van der Waals surface area contributed by atoms with E-state index in [2.05, 4.69) is 15.4 Å². The summed E-state index contributed by atoms with van der Waals surface area (Å²) < 4.78 is 6.58. The fourth-order valence-electron chi connectivity index (χ4n) is 2.38. The Bertz CT molecular complexity index is 715. The second-order valence-electron chi connectivity index (χ2n) is 5.16. The van der Waals surface area contributed by atoms with E-state index in [0.29, 0.717) is 11.5 Å². The van der Waals surface area contributed by atoms with Crippen molar-refractivity contribution in [3.63, 3.8) is 0 Å². The molecule has 1 unspecified atom stereocenters. The van der Waals surface area contributed by atoms with Gasteiger partial charge in [-0.1, -0.05) is 0 Å². The van der Waals surface area contributed by atoms with Gasteiger partial charge in [-0.05, 0) is 19.1 Å². The summed E-state index contributed by atoms with van der Waals surface area (Å²) >= 11 is 0. The van der Waals surface area contributed by atoms with Crippen LogP contribution in [0.4, 0.5) is 10.5 Å². The zero-order valence-electron chi connectivity index (χ0n) is 12.2. The number of carbonyl (C=O) groups is 2. The second kappa shape index (κ2) is 5.23. The predicted octanol–water partition coefficient (Wildman–Crippen LogP) is 0.729. The topological polar surface area (TPSA) is 89.3 Å². The number of pyridine rings is 1. The highest BCUT2D eigenvalue weighted by molar-refractivity contribution is 6.23. The largest absolute Gasteiger partial charge is 0.382 e. The van der Waals surface area contributed by atoms with Gasteiger partial charge in [0.05, 0.1) is 12.3 Å². The molecule has 114 valence electrons. The molecule has 8 nitrogen and oxygen atoms in total. The number of nitrogens with zero attached hydrogens (tertiary/aromatic N) is 4. The summed E-state index contributed by atoms with van der Waals surface area (Å²) in [6, 6.07) is 4.51. The van der Waals surface area contributed by atoms with E-state index in [9.17, 15) is 9.59 Å². The molecule has 0 radical (unpaired) electrons. The first-order valence-electron chi connectivity index (χ1n) is 6.67. The Labute approximate surface area is 126 Å². The van der Waals surface area contributed by atoms with Gasteiger partial charge in [-0.3, -0.25) is 4.79 Å². The minimum Gasteiger partial charge on any atom is -0.382 e. The summed E-state index contributed by atoms with van der Waals surface area (Å²) in [5.41, 5.74) is -0.635. The third kappa shape index (κ3) is 2.23. The molecule has 1 atom stereocenters. The maximum Gasteiger partial charge on any atom is 0.329 e. The Kier molecular flexibility index (Phi) is 3.38. The molecule has 1 saturated heterocycles. The third-order valence-corrected chi connectivity index (χ3v) is 3.42. The molecule has 3 rings (SSSR count). The average Bonchev–Trinajstić information content (AvgIpc) is 3.08. The predicted molar refractivity (Wildman–Crippen MR) is 77.7 cm³/mol. The van der Waals surface area contributed by atoms with E-state index in [-0.39, 0.29) is 12.5 Å². The molecule has 22 heavy (non-hydrogen) atoms. The van der Waals surface area contributed by atoms with Gasteiger partial charge in [0.25, 0.3) is 5.91 Å². The van der Waals surface area contributed by atoms with Gasteiger partial charge in [0.1, 0.15) is 5.54 Å². The van der Waals surface area contributed by atoms with Gasteiger partial charge in [0.2, 0.25) is 0 Å². The quantitative estimate of drug-likeness (QED) is 0.841. The van der Waals surface area contributed by atoms with Crippen molar-refractivity contribution in [1.29, 1.82) is 0 Å². The number of anilines is 1. The van der Waals surface area contributed by atoms with E-state index in [1.54, 1.807) is 42.2 Å². The number of hydrogen-bond acceptors (Lipinski definition) is 5. The monoisotopic (exact) mass is 301 g/mol. The number of carbonyl (C=O) groups excluding carboxylic acids is 2. The number of rotatable bonds is 4. The second-order valence-corrected chi connectivity index (χ2v) is 5.16. The first kappa shape index (κ1) is 14.2. The van der Waals surface area contributed by atoms with Crippen LogP contribution in [-0.2, 0) is 9.53 Å². The normalized spacial score (nSPS) is 21.3. The first-order chi connectivity index (χ1) is 10.5. The lowest BCUT2D eigenvalue weighted by Gasteiger charge is -2.20. The Morgan fingerprint density at radius 3 is 2.86 bits per heavy atom. The fraction of sp³-hybridized carbons (Fsp3) is 0.286. The Hall–Kier alpha value is -2.74. The highest BCUT2D eigenvalue weighted by Crippen LogP contribution is 2.25. The molecule has 2 aromatic heterocycles. The summed E-state index contributed by atoms with van der Waals surface area (Å²) in [5, 5.41) is 6.73. The van der Waals surface area contributed by atoms with Crippen molar-refractivity contribution in [3.8, 4) is 5.82 Å². The van der Waals surface area contributed by atoms with Gasteiger partial charge in [-0.25, -0.2) is 19.4 Å². The SMILES string of the molecule is COCC1(C)NC(=O)N(c2ccnc(-n3cccn3)c2)C1=O. The number of amides is 3. The maximum absolute atomic E-state index is 12.5. The standard InChI is InChI=1S/C14H15N5O3/c1-14(9-22-2)12(20)19(13(21)17-14)10-4-6-15-11(8-10)18-7-3-5-16-18/h3-8H,9H2,1-2H3,(H,17,21). The number of aromatic nitrogens is 3. The Morgan fingerprint density at radius 2 is 2.18 bits per heavy atom. The van der Waals surface area contributed by atoms with E-state index in [1.165, 1.54) is 13.3 Å². The summed E-state index contributed by atoms with van der Waals surface area (Å²) in [6.45, 7) is 1.73. The molecular formula is C14H15N5O3. The van der Waals surface area contributed by atoms with Crippen LogP contribution in [0, 0.1) is 0 Å². The third-order valence-electron chi connectivity index (χ3n) is 3.42. The highest BCUT2D eigenvalue weighted by atomic mass is 16.5. The number of hydrogen-bond donors (Lipinski definition) is 1. The van der Waals surface area contributed by atoms with Gasteiger partial charge in [-0.2, -0.15) is 5.10 Å². The molecule has 1 fully saturated rings. The molecule has 3 heterocycles. The van der Waals surface area contributed by atoms with E-state index in [0.717, 1.165) is 4.90 Å². The molecule has 8 heteroatoms. The minimum atomic E-state index is -1.07. The molecule has 0 bridgehead atoms. The summed E-state index contributed by atoms with van der Waals surface area (Å²) in [6.07, 6.45) is 4.88. The number of nitrogens with one attached hydrogen (secondary N) is 1. The highest BCUT2D eigenvalue weighted by Gasteiger charge is 2.48. The van der Waals surface area contributed by atoms with Gasteiger partial charge < -0.3 is 10.1 Å². The van der Waals surface area contributed by atoms with Gasteiger partial charge >= 0.3 is 6.03 Å².